The summed E-state index contributed by atoms with van der Waals surface area (Å²) in [5.41, 5.74) is 1.37. The standard InChI is InChI=1S/C21H23NO6/c1-4-26-16-7-6-15(13-17(16)24-2)22-20(23)8-5-14-11-18(25-3)21-19(12-14)27-9-10-28-21/h5-8,11-13H,4,9-10H2,1-3H3,(H,22,23)/b8-5+. The van der Waals surface area contributed by atoms with Crippen LogP contribution in [-0.2, 0) is 4.79 Å². The van der Waals surface area contributed by atoms with Gasteiger partial charge in [-0.05, 0) is 42.8 Å². The fourth-order valence-electron chi connectivity index (χ4n) is 2.77. The summed E-state index contributed by atoms with van der Waals surface area (Å²) in [5, 5.41) is 2.80. The average Bonchev–Trinajstić information content (AvgIpc) is 2.72. The van der Waals surface area contributed by atoms with Crippen molar-refractivity contribution in [1.82, 2.24) is 0 Å². The number of hydrogen-bond donors (Lipinski definition) is 1. The lowest BCUT2D eigenvalue weighted by Crippen LogP contribution is -2.16. The lowest BCUT2D eigenvalue weighted by Gasteiger charge is -2.20. The van der Waals surface area contributed by atoms with Crippen molar-refractivity contribution in [3.8, 4) is 28.7 Å². The Balaban J connectivity index is 1.72. The van der Waals surface area contributed by atoms with Crippen molar-refractivity contribution >= 4 is 17.7 Å². The van der Waals surface area contributed by atoms with Gasteiger partial charge in [0.2, 0.25) is 11.7 Å². The third kappa shape index (κ3) is 4.49. The van der Waals surface area contributed by atoms with E-state index in [0.29, 0.717) is 54.3 Å². The molecule has 1 aliphatic rings. The molecular weight excluding hydrogens is 362 g/mol. The number of hydrogen-bond acceptors (Lipinski definition) is 6. The van der Waals surface area contributed by atoms with Crippen molar-refractivity contribution in [2.24, 2.45) is 0 Å². The van der Waals surface area contributed by atoms with E-state index in [9.17, 15) is 4.79 Å². The van der Waals surface area contributed by atoms with Gasteiger partial charge in [-0.3, -0.25) is 4.79 Å². The number of amides is 1. The van der Waals surface area contributed by atoms with E-state index in [0.717, 1.165) is 5.56 Å². The smallest absolute Gasteiger partial charge is 0.248 e. The monoisotopic (exact) mass is 385 g/mol. The molecule has 0 unspecified atom stereocenters. The third-order valence-electron chi connectivity index (χ3n) is 4.01. The van der Waals surface area contributed by atoms with Gasteiger partial charge in [-0.15, -0.1) is 0 Å². The second-order valence-corrected chi connectivity index (χ2v) is 5.87. The Hall–Kier alpha value is -3.35. The van der Waals surface area contributed by atoms with E-state index in [1.54, 1.807) is 50.6 Å². The molecule has 0 radical (unpaired) electrons. The van der Waals surface area contributed by atoms with Crippen molar-refractivity contribution in [3.63, 3.8) is 0 Å². The van der Waals surface area contributed by atoms with E-state index in [1.807, 2.05) is 6.92 Å². The largest absolute Gasteiger partial charge is 0.493 e. The van der Waals surface area contributed by atoms with Crippen molar-refractivity contribution in [2.75, 3.05) is 39.4 Å². The van der Waals surface area contributed by atoms with Crippen LogP contribution in [0.15, 0.2) is 36.4 Å². The zero-order valence-corrected chi connectivity index (χ0v) is 16.1. The van der Waals surface area contributed by atoms with Gasteiger partial charge in [0.15, 0.2) is 23.0 Å². The summed E-state index contributed by atoms with van der Waals surface area (Å²) in [6, 6.07) is 8.82. The maximum Gasteiger partial charge on any atom is 0.248 e. The van der Waals surface area contributed by atoms with E-state index in [2.05, 4.69) is 5.32 Å². The molecule has 148 valence electrons. The molecule has 0 spiro atoms. The van der Waals surface area contributed by atoms with Crippen molar-refractivity contribution in [3.05, 3.63) is 42.0 Å². The molecule has 0 bridgehead atoms. The van der Waals surface area contributed by atoms with Gasteiger partial charge in [0.1, 0.15) is 13.2 Å². The molecule has 0 atom stereocenters. The zero-order valence-electron chi connectivity index (χ0n) is 16.1. The average molecular weight is 385 g/mol. The molecule has 0 fully saturated rings. The number of rotatable bonds is 7. The molecular formula is C21H23NO6. The Kier molecular flexibility index (Phi) is 6.26. The van der Waals surface area contributed by atoms with Gasteiger partial charge in [0.05, 0.1) is 20.8 Å². The van der Waals surface area contributed by atoms with Gasteiger partial charge in [0, 0.05) is 17.8 Å². The molecule has 7 heteroatoms. The Morgan fingerprint density at radius 1 is 1.07 bits per heavy atom. The summed E-state index contributed by atoms with van der Waals surface area (Å²) in [6.45, 7) is 3.38. The van der Waals surface area contributed by atoms with Gasteiger partial charge in [-0.1, -0.05) is 0 Å². The predicted octanol–water partition coefficient (Wildman–Crippen LogP) is 3.53. The number of ether oxygens (including phenoxy) is 5. The van der Waals surface area contributed by atoms with E-state index in [4.69, 9.17) is 23.7 Å². The number of nitrogens with one attached hydrogen (secondary N) is 1. The molecule has 1 aliphatic heterocycles. The molecule has 7 nitrogen and oxygen atoms in total. The highest BCUT2D eigenvalue weighted by atomic mass is 16.6. The molecule has 2 aromatic rings. The Bertz CT molecular complexity index is 860. The van der Waals surface area contributed by atoms with Gasteiger partial charge in [-0.25, -0.2) is 0 Å². The summed E-state index contributed by atoms with van der Waals surface area (Å²) < 4.78 is 27.3. The second kappa shape index (κ2) is 9.03. The maximum atomic E-state index is 12.3. The number of fused-ring (bicyclic) bond motifs is 1. The number of carbonyl (C=O) groups is 1. The molecule has 3 rings (SSSR count). The van der Waals surface area contributed by atoms with Crippen LogP contribution in [0.25, 0.3) is 6.08 Å². The zero-order chi connectivity index (χ0) is 19.9. The van der Waals surface area contributed by atoms with Crippen LogP contribution in [0.3, 0.4) is 0 Å². The highest BCUT2D eigenvalue weighted by molar-refractivity contribution is 6.02. The molecule has 0 saturated heterocycles. The summed E-state index contributed by atoms with van der Waals surface area (Å²) in [6.07, 6.45) is 3.12. The Morgan fingerprint density at radius 3 is 2.61 bits per heavy atom. The van der Waals surface area contributed by atoms with Crippen LogP contribution in [0.2, 0.25) is 0 Å². The first-order valence-corrected chi connectivity index (χ1v) is 8.92. The van der Waals surface area contributed by atoms with Crippen molar-refractivity contribution in [2.45, 2.75) is 6.92 Å². The third-order valence-corrected chi connectivity index (χ3v) is 4.01. The van der Waals surface area contributed by atoms with Gasteiger partial charge < -0.3 is 29.0 Å². The maximum absolute atomic E-state index is 12.3. The van der Waals surface area contributed by atoms with Crippen LogP contribution in [0.4, 0.5) is 5.69 Å². The minimum atomic E-state index is -0.278. The number of methoxy groups -OCH3 is 2. The van der Waals surface area contributed by atoms with E-state index in [1.165, 1.54) is 6.08 Å². The quantitative estimate of drug-likeness (QED) is 0.735. The summed E-state index contributed by atoms with van der Waals surface area (Å²) in [7, 11) is 3.12. The highest BCUT2D eigenvalue weighted by Gasteiger charge is 2.17. The molecule has 1 amide bonds. The van der Waals surface area contributed by atoms with Gasteiger partial charge in [0.25, 0.3) is 0 Å². The van der Waals surface area contributed by atoms with Crippen molar-refractivity contribution in [1.29, 1.82) is 0 Å². The molecule has 0 aromatic heterocycles. The van der Waals surface area contributed by atoms with E-state index >= 15 is 0 Å². The lowest BCUT2D eigenvalue weighted by molar-refractivity contribution is -0.111. The number of benzene rings is 2. The first-order chi connectivity index (χ1) is 13.6. The second-order valence-electron chi connectivity index (χ2n) is 5.87. The van der Waals surface area contributed by atoms with Gasteiger partial charge >= 0.3 is 0 Å². The first kappa shape index (κ1) is 19.4. The molecule has 1 heterocycles. The SMILES string of the molecule is CCOc1ccc(NC(=O)/C=C/c2cc(OC)c3c(c2)OCCO3)cc1OC. The minimum absolute atomic E-state index is 0.278. The number of carbonyl (C=O) groups excluding carboxylic acids is 1. The van der Waals surface area contributed by atoms with E-state index in [-0.39, 0.29) is 5.91 Å². The highest BCUT2D eigenvalue weighted by Crippen LogP contribution is 2.40. The fraction of sp³-hybridized carbons (Fsp3) is 0.286. The predicted molar refractivity (Wildman–Crippen MR) is 106 cm³/mol. The number of anilines is 1. The van der Waals surface area contributed by atoms with E-state index < -0.39 is 0 Å². The minimum Gasteiger partial charge on any atom is -0.493 e. The normalized spacial score (nSPS) is 12.5. The molecule has 0 aliphatic carbocycles. The van der Waals surface area contributed by atoms with Crippen LogP contribution in [0.1, 0.15) is 12.5 Å². The van der Waals surface area contributed by atoms with Crippen LogP contribution >= 0.6 is 0 Å². The van der Waals surface area contributed by atoms with Crippen LogP contribution in [0.5, 0.6) is 28.7 Å². The first-order valence-electron chi connectivity index (χ1n) is 8.92. The molecule has 28 heavy (non-hydrogen) atoms. The summed E-state index contributed by atoms with van der Waals surface area (Å²) in [5.74, 6) is 2.65. The summed E-state index contributed by atoms with van der Waals surface area (Å²) in [4.78, 5) is 12.3. The van der Waals surface area contributed by atoms with Crippen LogP contribution in [-0.4, -0.2) is 39.9 Å². The van der Waals surface area contributed by atoms with Crippen LogP contribution < -0.4 is 29.0 Å². The summed E-state index contributed by atoms with van der Waals surface area (Å²) >= 11 is 0. The molecule has 0 saturated carbocycles. The van der Waals surface area contributed by atoms with Gasteiger partial charge in [-0.2, -0.15) is 0 Å². The van der Waals surface area contributed by atoms with Crippen LogP contribution in [0, 0.1) is 0 Å². The van der Waals surface area contributed by atoms with Crippen molar-refractivity contribution < 1.29 is 28.5 Å². The Labute approximate surface area is 163 Å². The fourth-order valence-corrected chi connectivity index (χ4v) is 2.77. The lowest BCUT2D eigenvalue weighted by atomic mass is 10.1. The molecule has 2 aromatic carbocycles. The topological polar surface area (TPSA) is 75.3 Å². The molecule has 1 N–H and O–H groups in total. The Morgan fingerprint density at radius 2 is 1.86 bits per heavy atom.